The van der Waals surface area contributed by atoms with Gasteiger partial charge in [-0.2, -0.15) is 0 Å². The molecular formula is C22H28N6. The van der Waals surface area contributed by atoms with E-state index in [1.54, 1.807) is 6.33 Å². The number of hydrogen-bond donors (Lipinski definition) is 0. The summed E-state index contributed by atoms with van der Waals surface area (Å²) in [5.41, 5.74) is 6.21. The van der Waals surface area contributed by atoms with Gasteiger partial charge in [0.05, 0.1) is 17.1 Å². The molecule has 3 heterocycles. The number of allylic oxidation sites excluding steroid dienone is 1. The number of hydrogen-bond acceptors (Lipinski definition) is 6. The van der Waals surface area contributed by atoms with Crippen LogP contribution in [-0.2, 0) is 6.42 Å². The number of aliphatic imine (C=N–C) groups is 1. The maximum atomic E-state index is 4.97. The van der Waals surface area contributed by atoms with Crippen molar-refractivity contribution in [1.29, 1.82) is 0 Å². The van der Waals surface area contributed by atoms with E-state index < -0.39 is 0 Å². The molecule has 1 saturated heterocycles. The van der Waals surface area contributed by atoms with Gasteiger partial charge < -0.3 is 14.7 Å². The van der Waals surface area contributed by atoms with Crippen molar-refractivity contribution in [1.82, 2.24) is 19.8 Å². The molecule has 4 rings (SSSR count). The second-order valence-corrected chi connectivity index (χ2v) is 7.60. The minimum absolute atomic E-state index is 0.840. The normalized spacial score (nSPS) is 17.8. The van der Waals surface area contributed by atoms with Gasteiger partial charge in [0.25, 0.3) is 0 Å². The number of benzene rings is 1. The molecule has 1 aromatic heterocycles. The quantitative estimate of drug-likeness (QED) is 0.766. The summed E-state index contributed by atoms with van der Waals surface area (Å²) in [5.74, 6) is 0.878. The zero-order chi connectivity index (χ0) is 19.7. The summed E-state index contributed by atoms with van der Waals surface area (Å²) in [6.07, 6.45) is 2.66. The Morgan fingerprint density at radius 1 is 1.07 bits per heavy atom. The molecule has 146 valence electrons. The van der Waals surface area contributed by atoms with Crippen LogP contribution in [0.5, 0.6) is 0 Å². The fraction of sp³-hybridized carbons (Fsp3) is 0.409. The largest absolute Gasteiger partial charge is 0.368 e. The highest BCUT2D eigenvalue weighted by molar-refractivity contribution is 5.99. The number of aryl methyl sites for hydroxylation is 1. The van der Waals surface area contributed by atoms with Crippen LogP contribution in [0, 0.1) is 6.92 Å². The van der Waals surface area contributed by atoms with Crippen molar-refractivity contribution in [3.05, 3.63) is 54.1 Å². The number of anilines is 2. The molecular weight excluding hydrogens is 348 g/mol. The third kappa shape index (κ3) is 3.52. The molecule has 0 N–H and O–H groups in total. The van der Waals surface area contributed by atoms with Crippen LogP contribution in [0.4, 0.5) is 17.2 Å². The van der Waals surface area contributed by atoms with Crippen molar-refractivity contribution < 1.29 is 0 Å². The van der Waals surface area contributed by atoms with Crippen molar-refractivity contribution in [2.45, 2.75) is 20.3 Å². The van der Waals surface area contributed by atoms with Gasteiger partial charge in [-0.1, -0.05) is 24.8 Å². The number of likely N-dealkylation sites (N-methyl/N-ethyl adjacent to an activating group) is 1. The first-order chi connectivity index (χ1) is 13.5. The van der Waals surface area contributed by atoms with Crippen molar-refractivity contribution >= 4 is 22.9 Å². The lowest BCUT2D eigenvalue weighted by Gasteiger charge is -2.35. The number of aromatic nitrogens is 2. The van der Waals surface area contributed by atoms with E-state index in [4.69, 9.17) is 4.99 Å². The average molecular weight is 377 g/mol. The lowest BCUT2D eigenvalue weighted by atomic mass is 10.2. The molecule has 0 saturated carbocycles. The minimum Gasteiger partial charge on any atom is -0.368 e. The highest BCUT2D eigenvalue weighted by Gasteiger charge is 2.25. The van der Waals surface area contributed by atoms with Gasteiger partial charge in [-0.25, -0.2) is 15.0 Å². The number of rotatable bonds is 4. The summed E-state index contributed by atoms with van der Waals surface area (Å²) in [6.45, 7) is 13.3. The fourth-order valence-corrected chi connectivity index (χ4v) is 3.88. The minimum atomic E-state index is 0.840. The van der Waals surface area contributed by atoms with Crippen LogP contribution in [0.15, 0.2) is 47.9 Å². The van der Waals surface area contributed by atoms with Gasteiger partial charge in [-0.15, -0.1) is 0 Å². The molecule has 0 amide bonds. The van der Waals surface area contributed by atoms with Crippen LogP contribution in [0.25, 0.3) is 0 Å². The van der Waals surface area contributed by atoms with E-state index in [1.807, 2.05) is 13.8 Å². The van der Waals surface area contributed by atoms with Crippen LogP contribution in [0.1, 0.15) is 18.2 Å². The van der Waals surface area contributed by atoms with Gasteiger partial charge >= 0.3 is 0 Å². The monoisotopic (exact) mass is 376 g/mol. The first-order valence-corrected chi connectivity index (χ1v) is 9.89. The molecule has 0 bridgehead atoms. The molecule has 2 aliphatic heterocycles. The second-order valence-electron chi connectivity index (χ2n) is 7.60. The molecule has 0 aliphatic carbocycles. The van der Waals surface area contributed by atoms with Gasteiger partial charge in [-0.3, -0.25) is 0 Å². The lowest BCUT2D eigenvalue weighted by molar-refractivity contribution is 0.193. The van der Waals surface area contributed by atoms with Crippen molar-refractivity contribution in [3.63, 3.8) is 0 Å². The molecule has 1 fully saturated rings. The maximum Gasteiger partial charge on any atom is 0.162 e. The van der Waals surface area contributed by atoms with E-state index in [0.29, 0.717) is 0 Å². The first-order valence-electron chi connectivity index (χ1n) is 9.89. The average Bonchev–Trinajstić information content (AvgIpc) is 3.13. The van der Waals surface area contributed by atoms with Gasteiger partial charge in [0, 0.05) is 38.4 Å². The molecule has 1 aromatic carbocycles. The van der Waals surface area contributed by atoms with E-state index in [-0.39, 0.29) is 0 Å². The van der Waals surface area contributed by atoms with Crippen molar-refractivity contribution in [3.8, 4) is 0 Å². The van der Waals surface area contributed by atoms with Crippen LogP contribution in [0.2, 0.25) is 0 Å². The fourth-order valence-electron chi connectivity index (χ4n) is 3.88. The third-order valence-corrected chi connectivity index (χ3v) is 5.71. The van der Waals surface area contributed by atoms with Crippen LogP contribution in [0.3, 0.4) is 0 Å². The van der Waals surface area contributed by atoms with Gasteiger partial charge in [0.1, 0.15) is 12.0 Å². The smallest absolute Gasteiger partial charge is 0.162 e. The summed E-state index contributed by atoms with van der Waals surface area (Å²) >= 11 is 0. The molecule has 2 aromatic rings. The third-order valence-electron chi connectivity index (χ3n) is 5.71. The molecule has 6 nitrogen and oxygen atoms in total. The van der Waals surface area contributed by atoms with E-state index in [9.17, 15) is 0 Å². The summed E-state index contributed by atoms with van der Waals surface area (Å²) in [7, 11) is 2.16. The summed E-state index contributed by atoms with van der Waals surface area (Å²) < 4.78 is 0. The Kier molecular flexibility index (Phi) is 5.13. The predicted molar refractivity (Wildman–Crippen MR) is 115 cm³/mol. The van der Waals surface area contributed by atoms with Crippen molar-refractivity contribution in [2.75, 3.05) is 44.7 Å². The van der Waals surface area contributed by atoms with Gasteiger partial charge in [-0.05, 0) is 38.9 Å². The van der Waals surface area contributed by atoms with Crippen LogP contribution >= 0.6 is 0 Å². The molecule has 0 spiro atoms. The molecule has 0 atom stereocenters. The Bertz CT molecular complexity index is 911. The lowest BCUT2D eigenvalue weighted by Crippen LogP contribution is -2.44. The van der Waals surface area contributed by atoms with E-state index >= 15 is 0 Å². The standard InChI is InChI=1S/C22H28N6/c1-16(18(3)27-13-11-26(4)12-14-27)25-21-17(2)23-15-24-22(21)28-10-9-19-7-5-6-8-20(19)28/h5-8,15H,3,9-14H2,1-2,4H3/b25-16+. The number of para-hydroxylation sites is 1. The second kappa shape index (κ2) is 7.72. The van der Waals surface area contributed by atoms with Gasteiger partial charge in [0.2, 0.25) is 0 Å². The summed E-state index contributed by atoms with van der Waals surface area (Å²) in [6, 6.07) is 8.52. The number of piperazine rings is 1. The topological polar surface area (TPSA) is 47.9 Å². The number of nitrogens with zero attached hydrogens (tertiary/aromatic N) is 6. The first kappa shape index (κ1) is 18.6. The zero-order valence-corrected chi connectivity index (χ0v) is 17.0. The summed E-state index contributed by atoms with van der Waals surface area (Å²) in [5, 5.41) is 0. The molecule has 6 heteroatoms. The van der Waals surface area contributed by atoms with E-state index in [1.165, 1.54) is 11.3 Å². The van der Waals surface area contributed by atoms with Crippen LogP contribution < -0.4 is 4.90 Å². The Hall–Kier alpha value is -2.73. The Morgan fingerprint density at radius 2 is 1.82 bits per heavy atom. The Labute approximate surface area is 167 Å². The SMILES string of the molecule is C=C(/C(C)=N/c1c(C)ncnc1N1CCc2ccccc21)N1CCN(C)CC1. The molecule has 28 heavy (non-hydrogen) atoms. The molecule has 2 aliphatic rings. The highest BCUT2D eigenvalue weighted by Crippen LogP contribution is 2.39. The molecule has 0 radical (unpaired) electrons. The predicted octanol–water partition coefficient (Wildman–Crippen LogP) is 3.33. The van der Waals surface area contributed by atoms with E-state index in [2.05, 4.69) is 62.6 Å². The Morgan fingerprint density at radius 3 is 2.61 bits per heavy atom. The summed E-state index contributed by atoms with van der Waals surface area (Å²) in [4.78, 5) is 20.9. The van der Waals surface area contributed by atoms with Crippen molar-refractivity contribution in [2.24, 2.45) is 4.99 Å². The zero-order valence-electron chi connectivity index (χ0n) is 17.0. The van der Waals surface area contributed by atoms with E-state index in [0.717, 1.165) is 67.8 Å². The molecule has 0 unspecified atom stereocenters. The van der Waals surface area contributed by atoms with Crippen LogP contribution in [-0.4, -0.2) is 65.3 Å². The Balaban J connectivity index is 1.65. The van der Waals surface area contributed by atoms with Gasteiger partial charge in [0.15, 0.2) is 5.82 Å². The maximum absolute atomic E-state index is 4.97. The number of fused-ring (bicyclic) bond motifs is 1. The highest BCUT2D eigenvalue weighted by atomic mass is 15.3.